The van der Waals surface area contributed by atoms with Crippen LogP contribution in [-0.4, -0.2) is 15.6 Å². The van der Waals surface area contributed by atoms with E-state index >= 15 is 0 Å². The summed E-state index contributed by atoms with van der Waals surface area (Å²) in [4.78, 5) is 4.39. The van der Waals surface area contributed by atoms with Gasteiger partial charge in [-0.05, 0) is 18.1 Å². The van der Waals surface area contributed by atoms with Crippen molar-refractivity contribution in [1.82, 2.24) is 9.55 Å². The minimum Gasteiger partial charge on any atom is -0.329 e. The molecule has 1 aromatic heterocycles. The van der Waals surface area contributed by atoms with Crippen molar-refractivity contribution in [2.24, 2.45) is 11.7 Å². The maximum absolute atomic E-state index is 6.27. The van der Waals surface area contributed by atoms with Crippen LogP contribution < -0.4 is 5.73 Å². The fraction of sp³-hybridized carbons (Fsp3) is 0.500. The van der Waals surface area contributed by atoms with Gasteiger partial charge in [0, 0.05) is 12.6 Å². The van der Waals surface area contributed by atoms with Crippen molar-refractivity contribution < 1.29 is 0 Å². The minimum absolute atomic E-state index is 0.211. The van der Waals surface area contributed by atoms with Crippen molar-refractivity contribution in [1.29, 1.82) is 0 Å². The van der Waals surface area contributed by atoms with Crippen LogP contribution in [-0.2, 0) is 6.54 Å². The molecule has 1 atom stereocenters. The highest BCUT2D eigenvalue weighted by molar-refractivity contribution is 5.74. The smallest absolute Gasteiger partial charge is 0.0958 e. The van der Waals surface area contributed by atoms with E-state index in [0.717, 1.165) is 24.9 Å². The lowest BCUT2D eigenvalue weighted by molar-refractivity contribution is 0.362. The molecule has 0 aliphatic rings. The molecule has 2 aromatic rings. The summed E-state index contributed by atoms with van der Waals surface area (Å²) in [6.45, 7) is 5.27. The van der Waals surface area contributed by atoms with Crippen molar-refractivity contribution in [2.75, 3.05) is 0 Å². The quantitative estimate of drug-likeness (QED) is 0.860. The highest BCUT2D eigenvalue weighted by atomic mass is 15.1. The summed E-state index contributed by atoms with van der Waals surface area (Å²) >= 11 is 0. The van der Waals surface area contributed by atoms with E-state index in [9.17, 15) is 0 Å². The topological polar surface area (TPSA) is 43.8 Å². The van der Waals surface area contributed by atoms with Gasteiger partial charge in [-0.2, -0.15) is 0 Å². The summed E-state index contributed by atoms with van der Waals surface area (Å²) in [6, 6.07) is 8.41. The molecule has 1 unspecified atom stereocenters. The number of benzene rings is 1. The minimum atomic E-state index is 0.211. The fourth-order valence-corrected chi connectivity index (χ4v) is 2.43. The van der Waals surface area contributed by atoms with Crippen LogP contribution in [0.1, 0.15) is 26.7 Å². The molecule has 2 rings (SSSR count). The molecule has 0 amide bonds. The maximum Gasteiger partial charge on any atom is 0.0958 e. The Bertz CT molecular complexity index is 471. The summed E-state index contributed by atoms with van der Waals surface area (Å²) in [5, 5.41) is 0. The van der Waals surface area contributed by atoms with E-state index < -0.39 is 0 Å². The molecule has 17 heavy (non-hydrogen) atoms. The highest BCUT2D eigenvalue weighted by Gasteiger charge is 2.15. The second-order valence-corrected chi connectivity index (χ2v) is 4.63. The van der Waals surface area contributed by atoms with Crippen molar-refractivity contribution in [3.8, 4) is 0 Å². The van der Waals surface area contributed by atoms with Crippen LogP contribution in [0, 0.1) is 5.92 Å². The van der Waals surface area contributed by atoms with Crippen LogP contribution in [0.2, 0.25) is 0 Å². The van der Waals surface area contributed by atoms with Crippen molar-refractivity contribution >= 4 is 11.0 Å². The number of rotatable bonds is 5. The Morgan fingerprint density at radius 2 is 1.94 bits per heavy atom. The average Bonchev–Trinajstić information content (AvgIpc) is 2.74. The largest absolute Gasteiger partial charge is 0.329 e. The second kappa shape index (κ2) is 5.32. The second-order valence-electron chi connectivity index (χ2n) is 4.63. The molecular weight excluding hydrogens is 210 g/mol. The Kier molecular flexibility index (Phi) is 3.79. The van der Waals surface area contributed by atoms with Gasteiger partial charge >= 0.3 is 0 Å². The fourth-order valence-electron chi connectivity index (χ4n) is 2.43. The molecule has 1 aromatic carbocycles. The van der Waals surface area contributed by atoms with Crippen molar-refractivity contribution in [3.05, 3.63) is 30.6 Å². The third-order valence-corrected chi connectivity index (χ3v) is 3.59. The number of hydrogen-bond donors (Lipinski definition) is 1. The lowest BCUT2D eigenvalue weighted by Crippen LogP contribution is -2.33. The lowest BCUT2D eigenvalue weighted by atomic mass is 9.95. The van der Waals surface area contributed by atoms with Gasteiger partial charge in [-0.15, -0.1) is 0 Å². The molecule has 0 saturated carbocycles. The number of para-hydroxylation sites is 2. The van der Waals surface area contributed by atoms with Gasteiger partial charge in [-0.3, -0.25) is 0 Å². The normalized spacial score (nSPS) is 13.4. The third kappa shape index (κ3) is 2.50. The van der Waals surface area contributed by atoms with Crippen LogP contribution in [0.25, 0.3) is 11.0 Å². The van der Waals surface area contributed by atoms with Gasteiger partial charge in [0.1, 0.15) is 0 Å². The number of nitrogens with two attached hydrogens (primary N) is 1. The number of fused-ring (bicyclic) bond motifs is 1. The first-order chi connectivity index (χ1) is 8.26. The lowest BCUT2D eigenvalue weighted by Gasteiger charge is -2.21. The molecular formula is C14H21N3. The Morgan fingerprint density at radius 1 is 1.24 bits per heavy atom. The monoisotopic (exact) mass is 231 g/mol. The standard InChI is InChI=1S/C14H21N3/c1-3-11(4-2)12(15)9-17-10-16-13-7-5-6-8-14(13)17/h5-8,10-12H,3-4,9,15H2,1-2H3. The van der Waals surface area contributed by atoms with Crippen molar-refractivity contribution in [3.63, 3.8) is 0 Å². The van der Waals surface area contributed by atoms with Gasteiger partial charge in [0.15, 0.2) is 0 Å². The summed E-state index contributed by atoms with van der Waals surface area (Å²) < 4.78 is 2.16. The number of hydrogen-bond acceptors (Lipinski definition) is 2. The predicted octanol–water partition coefficient (Wildman–Crippen LogP) is 2.80. The summed E-state index contributed by atoms with van der Waals surface area (Å²) in [6.07, 6.45) is 4.18. The number of aromatic nitrogens is 2. The maximum atomic E-state index is 6.27. The van der Waals surface area contributed by atoms with Gasteiger partial charge in [0.25, 0.3) is 0 Å². The van der Waals surface area contributed by atoms with Crippen LogP contribution in [0.5, 0.6) is 0 Å². The SMILES string of the molecule is CCC(CC)C(N)Cn1cnc2ccccc21. The molecule has 0 aliphatic carbocycles. The first-order valence-corrected chi connectivity index (χ1v) is 6.41. The van der Waals surface area contributed by atoms with E-state index in [1.165, 1.54) is 5.52 Å². The van der Waals surface area contributed by atoms with Crippen molar-refractivity contribution in [2.45, 2.75) is 39.3 Å². The first kappa shape index (κ1) is 12.1. The Labute approximate surface area is 103 Å². The van der Waals surface area contributed by atoms with Crippen LogP contribution in [0.15, 0.2) is 30.6 Å². The molecule has 0 fully saturated rings. The summed E-state index contributed by atoms with van der Waals surface area (Å²) in [5.74, 6) is 0.594. The van der Waals surface area contributed by atoms with E-state index in [2.05, 4.69) is 29.5 Å². The van der Waals surface area contributed by atoms with Gasteiger partial charge in [-0.1, -0.05) is 38.8 Å². The van der Waals surface area contributed by atoms with Crippen LogP contribution in [0.4, 0.5) is 0 Å². The molecule has 3 nitrogen and oxygen atoms in total. The predicted molar refractivity (Wildman–Crippen MR) is 71.8 cm³/mol. The average molecular weight is 231 g/mol. The number of nitrogens with zero attached hydrogens (tertiary/aromatic N) is 2. The van der Waals surface area contributed by atoms with Gasteiger partial charge in [0.2, 0.25) is 0 Å². The first-order valence-electron chi connectivity index (χ1n) is 6.41. The van der Waals surface area contributed by atoms with Gasteiger partial charge in [0.05, 0.1) is 17.4 Å². The van der Waals surface area contributed by atoms with Gasteiger partial charge in [-0.25, -0.2) is 4.98 Å². The summed E-state index contributed by atoms with van der Waals surface area (Å²) in [5.41, 5.74) is 8.49. The zero-order valence-electron chi connectivity index (χ0n) is 10.6. The molecule has 92 valence electrons. The van der Waals surface area contributed by atoms with E-state index in [0.29, 0.717) is 5.92 Å². The Hall–Kier alpha value is -1.35. The molecule has 0 aliphatic heterocycles. The molecule has 0 radical (unpaired) electrons. The zero-order valence-corrected chi connectivity index (χ0v) is 10.6. The Balaban J connectivity index is 2.18. The van der Waals surface area contributed by atoms with Gasteiger partial charge < -0.3 is 10.3 Å². The van der Waals surface area contributed by atoms with E-state index in [1.54, 1.807) is 0 Å². The third-order valence-electron chi connectivity index (χ3n) is 3.59. The Morgan fingerprint density at radius 3 is 2.65 bits per heavy atom. The van der Waals surface area contributed by atoms with Crippen LogP contribution >= 0.6 is 0 Å². The zero-order chi connectivity index (χ0) is 12.3. The molecule has 2 N–H and O–H groups in total. The van der Waals surface area contributed by atoms with E-state index in [1.807, 2.05) is 24.5 Å². The van der Waals surface area contributed by atoms with E-state index in [4.69, 9.17) is 5.73 Å². The molecule has 0 saturated heterocycles. The molecule has 0 bridgehead atoms. The molecule has 0 spiro atoms. The van der Waals surface area contributed by atoms with E-state index in [-0.39, 0.29) is 6.04 Å². The molecule has 3 heteroatoms. The summed E-state index contributed by atoms with van der Waals surface area (Å²) in [7, 11) is 0. The number of imidazole rings is 1. The van der Waals surface area contributed by atoms with Crippen LogP contribution in [0.3, 0.4) is 0 Å². The molecule has 1 heterocycles. The highest BCUT2D eigenvalue weighted by Crippen LogP contribution is 2.16.